The second-order valence-electron chi connectivity index (χ2n) is 6.96. The molecule has 1 fully saturated rings. The Morgan fingerprint density at radius 1 is 1.04 bits per heavy atom. The number of hydrogen-bond donors (Lipinski definition) is 0. The number of methoxy groups -OCH3 is 1. The maximum atomic E-state index is 13.1. The van der Waals surface area contributed by atoms with Gasteiger partial charge in [0, 0.05) is 13.5 Å². The van der Waals surface area contributed by atoms with Crippen molar-refractivity contribution in [3.05, 3.63) is 65.2 Å². The molecule has 0 spiro atoms. The van der Waals surface area contributed by atoms with E-state index in [9.17, 15) is 9.59 Å². The van der Waals surface area contributed by atoms with E-state index in [1.54, 1.807) is 19.1 Å². The summed E-state index contributed by atoms with van der Waals surface area (Å²) >= 11 is 0. The number of ether oxygens (including phenoxy) is 1. The number of imide groups is 1. The third-order valence-corrected chi connectivity index (χ3v) is 5.26. The van der Waals surface area contributed by atoms with Crippen LogP contribution in [-0.2, 0) is 17.8 Å². The van der Waals surface area contributed by atoms with Crippen molar-refractivity contribution in [3.8, 4) is 5.75 Å². The minimum absolute atomic E-state index is 0.163. The highest BCUT2D eigenvalue weighted by atomic mass is 16.5. The molecule has 0 N–H and O–H groups in total. The lowest BCUT2D eigenvalue weighted by Gasteiger charge is -2.29. The van der Waals surface area contributed by atoms with Crippen LogP contribution in [-0.4, -0.2) is 41.4 Å². The lowest BCUT2D eigenvalue weighted by atomic mass is 9.89. The van der Waals surface area contributed by atoms with Gasteiger partial charge < -0.3 is 9.64 Å². The number of amides is 3. The fourth-order valence-electron chi connectivity index (χ4n) is 3.34. The van der Waals surface area contributed by atoms with E-state index in [1.807, 2.05) is 62.4 Å². The van der Waals surface area contributed by atoms with E-state index in [0.717, 1.165) is 22.4 Å². The zero-order chi connectivity index (χ0) is 18.9. The molecular formula is C21H24N2O3. The first-order valence-corrected chi connectivity index (χ1v) is 8.64. The molecule has 136 valence electrons. The summed E-state index contributed by atoms with van der Waals surface area (Å²) in [5, 5.41) is 0. The van der Waals surface area contributed by atoms with Crippen LogP contribution >= 0.6 is 0 Å². The monoisotopic (exact) mass is 352 g/mol. The van der Waals surface area contributed by atoms with Gasteiger partial charge in [0.15, 0.2) is 0 Å². The SMILES string of the molecule is COc1ccc(CN2C(=O)N(C)C(C)(Cc3ccccc3C)C2=O)cc1. The molecule has 1 aliphatic heterocycles. The maximum absolute atomic E-state index is 13.1. The van der Waals surface area contributed by atoms with E-state index >= 15 is 0 Å². The van der Waals surface area contributed by atoms with Crippen LogP contribution in [0.15, 0.2) is 48.5 Å². The average Bonchev–Trinajstić information content (AvgIpc) is 2.80. The third-order valence-electron chi connectivity index (χ3n) is 5.26. The van der Waals surface area contributed by atoms with Crippen LogP contribution in [0.4, 0.5) is 4.79 Å². The number of carbonyl (C=O) groups excluding carboxylic acids is 2. The van der Waals surface area contributed by atoms with Crippen molar-refractivity contribution in [1.29, 1.82) is 0 Å². The summed E-state index contributed by atoms with van der Waals surface area (Å²) in [5.41, 5.74) is 2.21. The average molecular weight is 352 g/mol. The van der Waals surface area contributed by atoms with Crippen molar-refractivity contribution in [2.45, 2.75) is 32.4 Å². The Morgan fingerprint density at radius 2 is 1.69 bits per heavy atom. The molecule has 2 aromatic rings. The van der Waals surface area contributed by atoms with Gasteiger partial charge in [-0.25, -0.2) is 4.79 Å². The van der Waals surface area contributed by atoms with Crippen LogP contribution in [0.3, 0.4) is 0 Å². The molecule has 0 radical (unpaired) electrons. The van der Waals surface area contributed by atoms with Crippen LogP contribution in [0.1, 0.15) is 23.6 Å². The predicted octanol–water partition coefficient (Wildman–Crippen LogP) is 3.40. The zero-order valence-corrected chi connectivity index (χ0v) is 15.7. The van der Waals surface area contributed by atoms with Gasteiger partial charge in [-0.15, -0.1) is 0 Å². The zero-order valence-electron chi connectivity index (χ0n) is 15.7. The Labute approximate surface area is 154 Å². The quantitative estimate of drug-likeness (QED) is 0.775. The fourth-order valence-corrected chi connectivity index (χ4v) is 3.34. The Morgan fingerprint density at radius 3 is 2.31 bits per heavy atom. The lowest BCUT2D eigenvalue weighted by Crippen LogP contribution is -2.47. The van der Waals surface area contributed by atoms with Crippen molar-refractivity contribution >= 4 is 11.9 Å². The molecule has 1 aliphatic rings. The first-order chi connectivity index (χ1) is 12.4. The van der Waals surface area contributed by atoms with Gasteiger partial charge in [-0.2, -0.15) is 0 Å². The molecule has 5 heteroatoms. The Balaban J connectivity index is 1.84. The molecule has 26 heavy (non-hydrogen) atoms. The molecule has 1 atom stereocenters. The number of carbonyl (C=O) groups is 2. The van der Waals surface area contributed by atoms with Crippen LogP contribution in [0.25, 0.3) is 0 Å². The number of likely N-dealkylation sites (N-methyl/N-ethyl adjacent to an activating group) is 1. The van der Waals surface area contributed by atoms with Crippen LogP contribution in [0.5, 0.6) is 5.75 Å². The van der Waals surface area contributed by atoms with Crippen molar-refractivity contribution < 1.29 is 14.3 Å². The van der Waals surface area contributed by atoms with Gasteiger partial charge in [0.05, 0.1) is 13.7 Å². The van der Waals surface area contributed by atoms with E-state index in [4.69, 9.17) is 4.74 Å². The summed E-state index contributed by atoms with van der Waals surface area (Å²) in [5.74, 6) is 0.582. The van der Waals surface area contributed by atoms with Gasteiger partial charge >= 0.3 is 6.03 Å². The summed E-state index contributed by atoms with van der Waals surface area (Å²) in [7, 11) is 3.31. The normalized spacial score (nSPS) is 20.0. The highest BCUT2D eigenvalue weighted by molar-refractivity contribution is 6.06. The molecule has 0 aliphatic carbocycles. The number of benzene rings is 2. The van der Waals surface area contributed by atoms with E-state index < -0.39 is 5.54 Å². The van der Waals surface area contributed by atoms with Gasteiger partial charge in [-0.3, -0.25) is 9.69 Å². The predicted molar refractivity (Wildman–Crippen MR) is 100.0 cm³/mol. The van der Waals surface area contributed by atoms with Crippen molar-refractivity contribution in [1.82, 2.24) is 9.80 Å². The molecule has 3 rings (SSSR count). The molecule has 2 aromatic carbocycles. The molecule has 3 amide bonds. The number of aryl methyl sites for hydroxylation is 1. The molecule has 1 saturated heterocycles. The lowest BCUT2D eigenvalue weighted by molar-refractivity contribution is -0.132. The smallest absolute Gasteiger partial charge is 0.327 e. The molecule has 1 unspecified atom stereocenters. The second-order valence-corrected chi connectivity index (χ2v) is 6.96. The minimum atomic E-state index is -0.879. The van der Waals surface area contributed by atoms with Crippen molar-refractivity contribution in [2.75, 3.05) is 14.2 Å². The summed E-state index contributed by atoms with van der Waals surface area (Å²) < 4.78 is 5.15. The third kappa shape index (κ3) is 3.05. The van der Waals surface area contributed by atoms with Crippen molar-refractivity contribution in [3.63, 3.8) is 0 Å². The van der Waals surface area contributed by atoms with Gasteiger partial charge in [0.2, 0.25) is 0 Å². The van der Waals surface area contributed by atoms with Gasteiger partial charge in [0.1, 0.15) is 11.3 Å². The second kappa shape index (κ2) is 6.83. The summed E-state index contributed by atoms with van der Waals surface area (Å²) in [6, 6.07) is 15.1. The Bertz CT molecular complexity index is 831. The van der Waals surface area contributed by atoms with E-state index in [1.165, 1.54) is 4.90 Å². The van der Waals surface area contributed by atoms with Gasteiger partial charge in [-0.1, -0.05) is 36.4 Å². The van der Waals surface area contributed by atoms with Gasteiger partial charge in [-0.05, 0) is 42.7 Å². The fraction of sp³-hybridized carbons (Fsp3) is 0.333. The van der Waals surface area contributed by atoms with E-state index in [0.29, 0.717) is 6.42 Å². The molecule has 0 aromatic heterocycles. The topological polar surface area (TPSA) is 49.9 Å². The highest BCUT2D eigenvalue weighted by Gasteiger charge is 2.52. The summed E-state index contributed by atoms with van der Waals surface area (Å²) in [6.45, 7) is 4.12. The standard InChI is InChI=1S/C21H24N2O3/c1-15-7-5-6-8-17(15)13-21(2)19(24)23(20(25)22(21)3)14-16-9-11-18(26-4)12-10-16/h5-12H,13-14H2,1-4H3. The van der Waals surface area contributed by atoms with E-state index in [-0.39, 0.29) is 18.5 Å². The summed E-state index contributed by atoms with van der Waals surface area (Å²) in [4.78, 5) is 28.8. The van der Waals surface area contributed by atoms with Crippen molar-refractivity contribution in [2.24, 2.45) is 0 Å². The highest BCUT2D eigenvalue weighted by Crippen LogP contribution is 2.32. The van der Waals surface area contributed by atoms with E-state index in [2.05, 4.69) is 0 Å². The first-order valence-electron chi connectivity index (χ1n) is 8.64. The molecule has 0 saturated carbocycles. The number of nitrogens with zero attached hydrogens (tertiary/aromatic N) is 2. The van der Waals surface area contributed by atoms with Crippen LogP contribution in [0.2, 0.25) is 0 Å². The molecule has 1 heterocycles. The van der Waals surface area contributed by atoms with Crippen LogP contribution in [0, 0.1) is 6.92 Å². The number of urea groups is 1. The maximum Gasteiger partial charge on any atom is 0.327 e. The molecule has 0 bridgehead atoms. The summed E-state index contributed by atoms with van der Waals surface area (Å²) in [6.07, 6.45) is 0.500. The molecule has 5 nitrogen and oxygen atoms in total. The first kappa shape index (κ1) is 18.0. The Hall–Kier alpha value is -2.82. The minimum Gasteiger partial charge on any atom is -0.497 e. The van der Waals surface area contributed by atoms with Crippen LogP contribution < -0.4 is 4.74 Å². The molecular weight excluding hydrogens is 328 g/mol. The number of rotatable bonds is 5. The Kier molecular flexibility index (Phi) is 4.72. The number of hydrogen-bond acceptors (Lipinski definition) is 3. The largest absolute Gasteiger partial charge is 0.497 e. The van der Waals surface area contributed by atoms with Gasteiger partial charge in [0.25, 0.3) is 5.91 Å².